The van der Waals surface area contributed by atoms with Gasteiger partial charge in [-0.05, 0) is 67.5 Å². The molecule has 1 aliphatic heterocycles. The van der Waals surface area contributed by atoms with Gasteiger partial charge in [0, 0.05) is 36.1 Å². The first kappa shape index (κ1) is 22.9. The number of benzene rings is 2. The molecule has 166 valence electrons. The highest BCUT2D eigenvalue weighted by molar-refractivity contribution is 6.06. The summed E-state index contributed by atoms with van der Waals surface area (Å²) in [7, 11) is 0. The van der Waals surface area contributed by atoms with Gasteiger partial charge in [0.2, 0.25) is 0 Å². The SMILES string of the molecule is CC[C@H](C)NC(=O)c1cc(NC(=O)c2ccc(C(C)(C)C)cc2)ccc1N1CCCC1. The van der Waals surface area contributed by atoms with Crippen molar-refractivity contribution in [3.05, 3.63) is 59.2 Å². The number of carbonyl (C=O) groups is 2. The van der Waals surface area contributed by atoms with Crippen LogP contribution in [-0.4, -0.2) is 30.9 Å². The van der Waals surface area contributed by atoms with Crippen LogP contribution < -0.4 is 15.5 Å². The molecule has 1 aliphatic rings. The molecule has 3 rings (SSSR count). The van der Waals surface area contributed by atoms with Crippen LogP contribution in [0.1, 0.15) is 80.2 Å². The van der Waals surface area contributed by atoms with Crippen molar-refractivity contribution in [2.24, 2.45) is 0 Å². The lowest BCUT2D eigenvalue weighted by Crippen LogP contribution is -2.33. The van der Waals surface area contributed by atoms with E-state index >= 15 is 0 Å². The Labute approximate surface area is 186 Å². The molecule has 0 aliphatic carbocycles. The summed E-state index contributed by atoms with van der Waals surface area (Å²) in [6.45, 7) is 12.4. The third-order valence-electron chi connectivity index (χ3n) is 5.95. The molecule has 2 aromatic rings. The van der Waals surface area contributed by atoms with E-state index in [2.05, 4.69) is 36.3 Å². The Morgan fingerprint density at radius 2 is 1.65 bits per heavy atom. The fourth-order valence-corrected chi connectivity index (χ4v) is 3.76. The zero-order chi connectivity index (χ0) is 22.6. The average molecular weight is 422 g/mol. The van der Waals surface area contributed by atoms with Crippen molar-refractivity contribution in [3.63, 3.8) is 0 Å². The van der Waals surface area contributed by atoms with E-state index in [0.29, 0.717) is 16.8 Å². The standard InChI is InChI=1S/C26H35N3O2/c1-6-18(2)27-25(31)22-17-21(13-14-23(22)29-15-7-8-16-29)28-24(30)19-9-11-20(12-10-19)26(3,4)5/h9-14,17-18H,6-8,15-16H2,1-5H3,(H,27,31)(H,28,30)/t18-/m0/s1. The molecule has 0 unspecified atom stereocenters. The second kappa shape index (κ2) is 9.54. The highest BCUT2D eigenvalue weighted by Gasteiger charge is 2.21. The van der Waals surface area contributed by atoms with Crippen molar-refractivity contribution in [2.45, 2.75) is 65.3 Å². The van der Waals surface area contributed by atoms with Gasteiger partial charge in [-0.2, -0.15) is 0 Å². The topological polar surface area (TPSA) is 61.4 Å². The van der Waals surface area contributed by atoms with Gasteiger partial charge in [0.25, 0.3) is 11.8 Å². The molecule has 0 radical (unpaired) electrons. The van der Waals surface area contributed by atoms with Crippen LogP contribution in [0.3, 0.4) is 0 Å². The Morgan fingerprint density at radius 1 is 1.00 bits per heavy atom. The molecule has 1 atom stereocenters. The molecule has 0 spiro atoms. The maximum Gasteiger partial charge on any atom is 0.255 e. The molecular weight excluding hydrogens is 386 g/mol. The molecular formula is C26H35N3O2. The van der Waals surface area contributed by atoms with Gasteiger partial charge in [0.15, 0.2) is 0 Å². The van der Waals surface area contributed by atoms with Gasteiger partial charge in [-0.25, -0.2) is 0 Å². The first-order valence-electron chi connectivity index (χ1n) is 11.3. The summed E-state index contributed by atoms with van der Waals surface area (Å²) in [5.41, 5.74) is 4.00. The van der Waals surface area contributed by atoms with Gasteiger partial charge in [0.05, 0.1) is 5.56 Å². The second-order valence-electron chi connectivity index (χ2n) is 9.49. The van der Waals surface area contributed by atoms with Crippen LogP contribution in [-0.2, 0) is 5.41 Å². The molecule has 0 bridgehead atoms. The summed E-state index contributed by atoms with van der Waals surface area (Å²) in [6, 6.07) is 13.4. The number of hydrogen-bond donors (Lipinski definition) is 2. The number of amides is 2. The molecule has 1 saturated heterocycles. The van der Waals surface area contributed by atoms with Crippen LogP contribution in [0, 0.1) is 0 Å². The largest absolute Gasteiger partial charge is 0.371 e. The van der Waals surface area contributed by atoms with Gasteiger partial charge < -0.3 is 15.5 Å². The van der Waals surface area contributed by atoms with E-state index in [4.69, 9.17) is 0 Å². The molecule has 0 saturated carbocycles. The van der Waals surface area contributed by atoms with Crippen LogP contribution in [0.2, 0.25) is 0 Å². The second-order valence-corrected chi connectivity index (χ2v) is 9.49. The summed E-state index contributed by atoms with van der Waals surface area (Å²) in [6.07, 6.45) is 3.14. The minimum atomic E-state index is -0.178. The number of carbonyl (C=O) groups excluding carboxylic acids is 2. The minimum Gasteiger partial charge on any atom is -0.371 e. The van der Waals surface area contributed by atoms with Crippen LogP contribution in [0.25, 0.3) is 0 Å². The van der Waals surface area contributed by atoms with E-state index in [0.717, 1.165) is 38.0 Å². The van der Waals surface area contributed by atoms with Gasteiger partial charge >= 0.3 is 0 Å². The van der Waals surface area contributed by atoms with E-state index < -0.39 is 0 Å². The van der Waals surface area contributed by atoms with E-state index in [-0.39, 0.29) is 23.3 Å². The Bertz CT molecular complexity index is 923. The Balaban J connectivity index is 1.83. The maximum absolute atomic E-state index is 13.0. The third kappa shape index (κ3) is 5.66. The molecule has 5 heteroatoms. The van der Waals surface area contributed by atoms with Crippen LogP contribution in [0.15, 0.2) is 42.5 Å². The van der Waals surface area contributed by atoms with Crippen molar-refractivity contribution in [2.75, 3.05) is 23.3 Å². The summed E-state index contributed by atoms with van der Waals surface area (Å²) in [4.78, 5) is 28.0. The summed E-state index contributed by atoms with van der Waals surface area (Å²) >= 11 is 0. The van der Waals surface area contributed by atoms with Crippen LogP contribution in [0.4, 0.5) is 11.4 Å². The Kier molecular flexibility index (Phi) is 7.04. The van der Waals surface area contributed by atoms with Gasteiger partial charge in [-0.3, -0.25) is 9.59 Å². The zero-order valence-corrected chi connectivity index (χ0v) is 19.4. The number of nitrogens with one attached hydrogen (secondary N) is 2. The highest BCUT2D eigenvalue weighted by atomic mass is 16.2. The number of anilines is 2. The smallest absolute Gasteiger partial charge is 0.255 e. The lowest BCUT2D eigenvalue weighted by atomic mass is 9.87. The van der Waals surface area contributed by atoms with Crippen molar-refractivity contribution < 1.29 is 9.59 Å². The lowest BCUT2D eigenvalue weighted by Gasteiger charge is -2.23. The number of nitrogens with zero attached hydrogens (tertiary/aromatic N) is 1. The molecule has 1 fully saturated rings. The van der Waals surface area contributed by atoms with E-state index in [1.807, 2.05) is 50.2 Å². The fraction of sp³-hybridized carbons (Fsp3) is 0.462. The molecule has 2 aromatic carbocycles. The Morgan fingerprint density at radius 3 is 2.23 bits per heavy atom. The van der Waals surface area contributed by atoms with Crippen molar-refractivity contribution >= 4 is 23.2 Å². The maximum atomic E-state index is 13.0. The minimum absolute atomic E-state index is 0.0400. The fourth-order valence-electron chi connectivity index (χ4n) is 3.76. The summed E-state index contributed by atoms with van der Waals surface area (Å²) in [5, 5.41) is 6.02. The summed E-state index contributed by atoms with van der Waals surface area (Å²) in [5.74, 6) is -0.274. The predicted octanol–water partition coefficient (Wildman–Crippen LogP) is 5.36. The van der Waals surface area contributed by atoms with E-state index in [1.54, 1.807) is 6.07 Å². The molecule has 2 amide bonds. The number of rotatable bonds is 6. The lowest BCUT2D eigenvalue weighted by molar-refractivity contribution is 0.0938. The van der Waals surface area contributed by atoms with Gasteiger partial charge in [0.1, 0.15) is 0 Å². The molecule has 1 heterocycles. The summed E-state index contributed by atoms with van der Waals surface area (Å²) < 4.78 is 0. The quantitative estimate of drug-likeness (QED) is 0.660. The first-order chi connectivity index (χ1) is 14.7. The number of hydrogen-bond acceptors (Lipinski definition) is 3. The molecule has 2 N–H and O–H groups in total. The van der Waals surface area contributed by atoms with Gasteiger partial charge in [-0.1, -0.05) is 39.8 Å². The first-order valence-corrected chi connectivity index (χ1v) is 11.3. The Hall–Kier alpha value is -2.82. The van der Waals surface area contributed by atoms with E-state index in [9.17, 15) is 9.59 Å². The van der Waals surface area contributed by atoms with Crippen LogP contribution in [0.5, 0.6) is 0 Å². The predicted molar refractivity (Wildman–Crippen MR) is 128 cm³/mol. The van der Waals surface area contributed by atoms with Crippen LogP contribution >= 0.6 is 0 Å². The van der Waals surface area contributed by atoms with Gasteiger partial charge in [-0.15, -0.1) is 0 Å². The van der Waals surface area contributed by atoms with E-state index in [1.165, 1.54) is 5.56 Å². The normalized spacial score (nSPS) is 14.9. The zero-order valence-electron chi connectivity index (χ0n) is 19.4. The van der Waals surface area contributed by atoms with Crippen molar-refractivity contribution in [1.29, 1.82) is 0 Å². The third-order valence-corrected chi connectivity index (χ3v) is 5.95. The van der Waals surface area contributed by atoms with Crippen molar-refractivity contribution in [3.8, 4) is 0 Å². The average Bonchev–Trinajstić information content (AvgIpc) is 3.27. The highest BCUT2D eigenvalue weighted by Crippen LogP contribution is 2.28. The molecule has 5 nitrogen and oxygen atoms in total. The molecule has 31 heavy (non-hydrogen) atoms. The van der Waals surface area contributed by atoms with Crippen molar-refractivity contribution in [1.82, 2.24) is 5.32 Å². The monoisotopic (exact) mass is 421 g/mol. The molecule has 0 aromatic heterocycles.